The van der Waals surface area contributed by atoms with Crippen LogP contribution < -0.4 is 14.4 Å². The largest absolute Gasteiger partial charge is 0.493 e. The standard InChI is InChI=1S/C20H26FN3O4S/c1-26-19-10-14(21)2-3-18(19)28-17-4-5-23(13-16(17)25)12-15-11-22-20(29-15)24-6-8-27-9-7-24/h2-3,10-11,16-17,25H,4-9,12-13H2,1H3/t16-,17-/m1/s1. The summed E-state index contributed by atoms with van der Waals surface area (Å²) in [5.41, 5.74) is 0. The number of β-amino-alcohol motifs (C(OH)–C–C–N with tert-alkyl or cyclic N) is 1. The second kappa shape index (κ2) is 9.25. The maximum atomic E-state index is 13.4. The molecule has 0 saturated carbocycles. The maximum absolute atomic E-state index is 13.4. The molecule has 4 rings (SSSR count). The first-order valence-electron chi connectivity index (χ1n) is 9.80. The zero-order valence-corrected chi connectivity index (χ0v) is 17.2. The van der Waals surface area contributed by atoms with Crippen molar-refractivity contribution in [3.8, 4) is 11.5 Å². The third-order valence-electron chi connectivity index (χ3n) is 5.21. The smallest absolute Gasteiger partial charge is 0.185 e. The first-order valence-corrected chi connectivity index (χ1v) is 10.6. The molecule has 1 N–H and O–H groups in total. The number of aliphatic hydroxyl groups is 1. The van der Waals surface area contributed by atoms with Crippen molar-refractivity contribution in [2.24, 2.45) is 0 Å². The number of thiazole rings is 1. The minimum absolute atomic E-state index is 0.333. The number of hydrogen-bond donors (Lipinski definition) is 1. The van der Waals surface area contributed by atoms with Crippen LogP contribution in [-0.4, -0.2) is 73.7 Å². The number of likely N-dealkylation sites (tertiary alicyclic amines) is 1. The number of ether oxygens (including phenoxy) is 3. The lowest BCUT2D eigenvalue weighted by molar-refractivity contribution is -0.0281. The Kier molecular flexibility index (Phi) is 6.49. The van der Waals surface area contributed by atoms with E-state index in [1.54, 1.807) is 11.3 Å². The van der Waals surface area contributed by atoms with Crippen LogP contribution in [0.1, 0.15) is 11.3 Å². The Balaban J connectivity index is 1.32. The fraction of sp³-hybridized carbons (Fsp3) is 0.550. The number of hydrogen-bond acceptors (Lipinski definition) is 8. The molecule has 0 aliphatic carbocycles. The SMILES string of the molecule is COc1cc(F)ccc1O[C@@H]1CCN(Cc2cnc(N3CCOCC3)s2)C[C@H]1O. The van der Waals surface area contributed by atoms with Crippen LogP contribution in [0.2, 0.25) is 0 Å². The van der Waals surface area contributed by atoms with Crippen LogP contribution in [0.15, 0.2) is 24.4 Å². The second-order valence-corrected chi connectivity index (χ2v) is 8.34. The number of aliphatic hydroxyl groups excluding tert-OH is 1. The van der Waals surface area contributed by atoms with Gasteiger partial charge in [0.05, 0.1) is 20.3 Å². The number of nitrogens with zero attached hydrogens (tertiary/aromatic N) is 3. The van der Waals surface area contributed by atoms with Crippen molar-refractivity contribution < 1.29 is 23.7 Å². The molecule has 2 atom stereocenters. The second-order valence-electron chi connectivity index (χ2n) is 7.25. The highest BCUT2D eigenvalue weighted by molar-refractivity contribution is 7.15. The van der Waals surface area contributed by atoms with Crippen molar-refractivity contribution in [3.63, 3.8) is 0 Å². The van der Waals surface area contributed by atoms with E-state index in [1.807, 2.05) is 6.20 Å². The Morgan fingerprint density at radius 3 is 2.86 bits per heavy atom. The third-order valence-corrected chi connectivity index (χ3v) is 6.25. The normalized spacial score (nSPS) is 23.2. The van der Waals surface area contributed by atoms with Gasteiger partial charge in [0.25, 0.3) is 0 Å². The van der Waals surface area contributed by atoms with Gasteiger partial charge in [0.1, 0.15) is 18.0 Å². The summed E-state index contributed by atoms with van der Waals surface area (Å²) in [5.74, 6) is 0.398. The molecule has 3 heterocycles. The molecular weight excluding hydrogens is 397 g/mol. The maximum Gasteiger partial charge on any atom is 0.185 e. The molecule has 0 bridgehead atoms. The number of morpholine rings is 1. The van der Waals surface area contributed by atoms with Crippen LogP contribution in [0.4, 0.5) is 9.52 Å². The molecule has 2 saturated heterocycles. The minimum atomic E-state index is -0.634. The predicted octanol–water partition coefficient (Wildman–Crippen LogP) is 2.14. The summed E-state index contributed by atoms with van der Waals surface area (Å²) in [7, 11) is 1.47. The summed E-state index contributed by atoms with van der Waals surface area (Å²) in [6, 6.07) is 4.15. The van der Waals surface area contributed by atoms with Gasteiger partial charge in [-0.15, -0.1) is 11.3 Å². The van der Waals surface area contributed by atoms with Gasteiger partial charge in [0.15, 0.2) is 16.6 Å². The van der Waals surface area contributed by atoms with E-state index in [9.17, 15) is 9.50 Å². The molecule has 7 nitrogen and oxygen atoms in total. The highest BCUT2D eigenvalue weighted by Gasteiger charge is 2.30. The molecule has 0 spiro atoms. The van der Waals surface area contributed by atoms with Crippen molar-refractivity contribution in [1.29, 1.82) is 0 Å². The molecule has 158 valence electrons. The van der Waals surface area contributed by atoms with E-state index in [0.717, 1.165) is 44.5 Å². The van der Waals surface area contributed by atoms with Crippen molar-refractivity contribution in [3.05, 3.63) is 35.1 Å². The average molecular weight is 424 g/mol. The predicted molar refractivity (Wildman–Crippen MR) is 108 cm³/mol. The first-order chi connectivity index (χ1) is 14.1. The van der Waals surface area contributed by atoms with Crippen LogP contribution in [-0.2, 0) is 11.3 Å². The highest BCUT2D eigenvalue weighted by atomic mass is 32.1. The summed E-state index contributed by atoms with van der Waals surface area (Å²) >= 11 is 1.70. The van der Waals surface area contributed by atoms with E-state index < -0.39 is 6.10 Å². The fourth-order valence-corrected chi connectivity index (χ4v) is 4.65. The van der Waals surface area contributed by atoms with E-state index in [0.29, 0.717) is 24.5 Å². The summed E-state index contributed by atoms with van der Waals surface area (Å²) in [6.07, 6.45) is 1.62. The van der Waals surface area contributed by atoms with Gasteiger partial charge in [-0.25, -0.2) is 9.37 Å². The van der Waals surface area contributed by atoms with E-state index in [4.69, 9.17) is 14.2 Å². The Morgan fingerprint density at radius 2 is 2.10 bits per heavy atom. The lowest BCUT2D eigenvalue weighted by Crippen LogP contribution is -2.48. The summed E-state index contributed by atoms with van der Waals surface area (Å²) in [4.78, 5) is 10.2. The number of methoxy groups -OCH3 is 1. The van der Waals surface area contributed by atoms with E-state index in [2.05, 4.69) is 14.8 Å². The van der Waals surface area contributed by atoms with Gasteiger partial charge >= 0.3 is 0 Å². The van der Waals surface area contributed by atoms with Gasteiger partial charge in [-0.1, -0.05) is 0 Å². The molecule has 2 aliphatic rings. The van der Waals surface area contributed by atoms with Crippen molar-refractivity contribution in [2.75, 3.05) is 51.4 Å². The van der Waals surface area contributed by atoms with E-state index in [1.165, 1.54) is 30.2 Å². The van der Waals surface area contributed by atoms with Gasteiger partial charge in [-0.2, -0.15) is 0 Å². The fourth-order valence-electron chi connectivity index (χ4n) is 3.65. The Hall–Kier alpha value is -1.94. The lowest BCUT2D eigenvalue weighted by Gasteiger charge is -2.35. The quantitative estimate of drug-likeness (QED) is 0.764. The van der Waals surface area contributed by atoms with Crippen LogP contribution in [0.3, 0.4) is 0 Å². The first kappa shape index (κ1) is 20.3. The Bertz CT molecular complexity index is 815. The zero-order chi connectivity index (χ0) is 20.2. The van der Waals surface area contributed by atoms with Gasteiger partial charge in [-0.05, 0) is 18.6 Å². The van der Waals surface area contributed by atoms with Gasteiger partial charge in [0, 0.05) is 49.9 Å². The molecule has 0 radical (unpaired) electrons. The number of anilines is 1. The van der Waals surface area contributed by atoms with Crippen molar-refractivity contribution >= 4 is 16.5 Å². The summed E-state index contributed by atoms with van der Waals surface area (Å²) < 4.78 is 29.9. The lowest BCUT2D eigenvalue weighted by atomic mass is 10.0. The molecule has 2 fully saturated rings. The molecule has 0 unspecified atom stereocenters. The van der Waals surface area contributed by atoms with Gasteiger partial charge in [-0.3, -0.25) is 4.90 Å². The molecule has 2 aliphatic heterocycles. The van der Waals surface area contributed by atoms with Crippen molar-refractivity contribution in [1.82, 2.24) is 9.88 Å². The average Bonchev–Trinajstić information content (AvgIpc) is 3.20. The third kappa shape index (κ3) is 4.98. The Morgan fingerprint density at radius 1 is 1.28 bits per heavy atom. The number of rotatable bonds is 6. The zero-order valence-electron chi connectivity index (χ0n) is 16.4. The van der Waals surface area contributed by atoms with Crippen LogP contribution in [0.25, 0.3) is 0 Å². The minimum Gasteiger partial charge on any atom is -0.493 e. The summed E-state index contributed by atoms with van der Waals surface area (Å²) in [5, 5.41) is 11.6. The molecule has 0 amide bonds. The highest BCUT2D eigenvalue weighted by Crippen LogP contribution is 2.31. The molecule has 2 aromatic rings. The molecule has 1 aromatic heterocycles. The molecule has 1 aromatic carbocycles. The summed E-state index contributed by atoms with van der Waals surface area (Å²) in [6.45, 7) is 5.31. The van der Waals surface area contributed by atoms with Crippen LogP contribution in [0, 0.1) is 5.82 Å². The number of benzene rings is 1. The van der Waals surface area contributed by atoms with Crippen LogP contribution >= 0.6 is 11.3 Å². The topological polar surface area (TPSA) is 67.3 Å². The van der Waals surface area contributed by atoms with Gasteiger partial charge in [0.2, 0.25) is 0 Å². The van der Waals surface area contributed by atoms with Crippen LogP contribution in [0.5, 0.6) is 11.5 Å². The molecule has 29 heavy (non-hydrogen) atoms. The van der Waals surface area contributed by atoms with E-state index in [-0.39, 0.29) is 11.9 Å². The molecule has 9 heteroatoms. The molecular formula is C20H26FN3O4S. The van der Waals surface area contributed by atoms with Crippen molar-refractivity contribution in [2.45, 2.75) is 25.2 Å². The Labute approximate surface area is 173 Å². The number of aromatic nitrogens is 1. The van der Waals surface area contributed by atoms with Gasteiger partial charge < -0.3 is 24.2 Å². The monoisotopic (exact) mass is 423 g/mol. The van der Waals surface area contributed by atoms with E-state index >= 15 is 0 Å². The number of piperidine rings is 1. The number of halogens is 1.